The van der Waals surface area contributed by atoms with E-state index < -0.39 is 0 Å². The van der Waals surface area contributed by atoms with E-state index in [1.807, 2.05) is 6.92 Å². The number of rotatable bonds is 6. The molecule has 6 nitrogen and oxygen atoms in total. The molecular weight excluding hydrogens is 443 g/mol. The van der Waals surface area contributed by atoms with Crippen LogP contribution in [0, 0.1) is 11.3 Å². The van der Waals surface area contributed by atoms with Crippen LogP contribution in [0.5, 0.6) is 0 Å². The molecule has 1 amide bonds. The molecule has 0 saturated carbocycles. The summed E-state index contributed by atoms with van der Waals surface area (Å²) in [6.07, 6.45) is 2.45. The monoisotopic (exact) mass is 480 g/mol. The molecule has 1 fully saturated rings. The molecule has 1 rings (SSSR count). The molecule has 0 aromatic carbocycles. The first-order chi connectivity index (χ1) is 11.6. The third-order valence-corrected chi connectivity index (χ3v) is 4.26. The minimum atomic E-state index is -0.0232. The van der Waals surface area contributed by atoms with Crippen molar-refractivity contribution in [1.82, 2.24) is 15.5 Å². The van der Waals surface area contributed by atoms with E-state index in [4.69, 9.17) is 4.74 Å². The van der Waals surface area contributed by atoms with Gasteiger partial charge in [-0.15, -0.1) is 24.0 Å². The van der Waals surface area contributed by atoms with Crippen LogP contribution in [0.4, 0.5) is 0 Å². The van der Waals surface area contributed by atoms with E-state index in [-0.39, 0.29) is 47.9 Å². The van der Waals surface area contributed by atoms with Crippen molar-refractivity contribution in [3.05, 3.63) is 12.2 Å². The Morgan fingerprint density at radius 1 is 1.31 bits per heavy atom. The van der Waals surface area contributed by atoms with Crippen LogP contribution in [0.2, 0.25) is 0 Å². The predicted octanol–water partition coefficient (Wildman–Crippen LogP) is 2.65. The summed E-state index contributed by atoms with van der Waals surface area (Å²) in [5.74, 6) is 1.05. The number of halogens is 1. The molecule has 0 bridgehead atoms. The lowest BCUT2D eigenvalue weighted by Crippen LogP contribution is -2.48. The second-order valence-electron chi connectivity index (χ2n) is 8.20. The van der Waals surface area contributed by atoms with E-state index in [0.29, 0.717) is 18.4 Å². The molecule has 152 valence electrons. The Morgan fingerprint density at radius 2 is 1.96 bits per heavy atom. The van der Waals surface area contributed by atoms with Gasteiger partial charge in [-0.25, -0.2) is 4.99 Å². The molecule has 1 saturated heterocycles. The van der Waals surface area contributed by atoms with Gasteiger partial charge in [-0.3, -0.25) is 4.79 Å². The van der Waals surface area contributed by atoms with Gasteiger partial charge in [0.2, 0.25) is 5.91 Å². The smallest absolute Gasteiger partial charge is 0.243 e. The molecule has 1 heterocycles. The molecular formula is C19H37IN4O2. The van der Waals surface area contributed by atoms with Crippen LogP contribution in [0.1, 0.15) is 40.5 Å². The van der Waals surface area contributed by atoms with E-state index in [1.165, 1.54) is 0 Å². The summed E-state index contributed by atoms with van der Waals surface area (Å²) >= 11 is 0. The number of guanidine groups is 1. The minimum Gasteiger partial charge on any atom is -0.377 e. The topological polar surface area (TPSA) is 66.0 Å². The van der Waals surface area contributed by atoms with Crippen molar-refractivity contribution in [1.29, 1.82) is 0 Å². The lowest BCUT2D eigenvalue weighted by Gasteiger charge is -2.40. The highest BCUT2D eigenvalue weighted by Gasteiger charge is 2.35. The highest BCUT2D eigenvalue weighted by atomic mass is 127. The number of nitrogens with zero attached hydrogens (tertiary/aromatic N) is 2. The first kappa shape index (κ1) is 25.2. The van der Waals surface area contributed by atoms with Crippen molar-refractivity contribution in [2.75, 3.05) is 40.3 Å². The minimum absolute atomic E-state index is 0. The average Bonchev–Trinajstić information content (AvgIpc) is 2.52. The Kier molecular flexibility index (Phi) is 11.4. The van der Waals surface area contributed by atoms with E-state index in [1.54, 1.807) is 19.0 Å². The SMILES string of the molecule is C=C(C)CNC(=NCC(=O)N(C)C)NCC1CCCOC1C(C)(C)C.I. The molecule has 0 radical (unpaired) electrons. The van der Waals surface area contributed by atoms with Crippen LogP contribution in [-0.4, -0.2) is 63.2 Å². The lowest BCUT2D eigenvalue weighted by molar-refractivity contribution is -0.127. The third-order valence-electron chi connectivity index (χ3n) is 4.26. The fraction of sp³-hybridized carbons (Fsp3) is 0.789. The van der Waals surface area contributed by atoms with E-state index in [0.717, 1.165) is 31.6 Å². The van der Waals surface area contributed by atoms with Crippen molar-refractivity contribution in [2.24, 2.45) is 16.3 Å². The Balaban J connectivity index is 0.00000625. The second-order valence-corrected chi connectivity index (χ2v) is 8.20. The molecule has 1 aliphatic heterocycles. The standard InChI is InChI=1S/C19H36N4O2.HI/c1-14(2)11-20-18(22-13-16(24)23(6)7)21-12-15-9-8-10-25-17(15)19(3,4)5;/h15,17H,1,8-13H2,2-7H3,(H2,20,21,22);1H. The fourth-order valence-corrected chi connectivity index (χ4v) is 2.93. The van der Waals surface area contributed by atoms with E-state index in [9.17, 15) is 4.79 Å². The largest absolute Gasteiger partial charge is 0.377 e. The number of ether oxygens (including phenoxy) is 1. The first-order valence-electron chi connectivity index (χ1n) is 9.09. The molecule has 0 aromatic heterocycles. The molecule has 1 aliphatic rings. The Bertz CT molecular complexity index is 486. The summed E-state index contributed by atoms with van der Waals surface area (Å²) in [7, 11) is 3.47. The zero-order valence-electron chi connectivity index (χ0n) is 17.2. The summed E-state index contributed by atoms with van der Waals surface area (Å²) in [5, 5.41) is 6.62. The summed E-state index contributed by atoms with van der Waals surface area (Å²) in [6, 6.07) is 0. The van der Waals surface area contributed by atoms with Gasteiger partial charge in [0.25, 0.3) is 0 Å². The summed E-state index contributed by atoms with van der Waals surface area (Å²) in [6.45, 7) is 14.9. The van der Waals surface area contributed by atoms with Crippen LogP contribution in [-0.2, 0) is 9.53 Å². The number of hydrogen-bond acceptors (Lipinski definition) is 3. The number of hydrogen-bond donors (Lipinski definition) is 2. The number of nitrogens with one attached hydrogen (secondary N) is 2. The summed E-state index contributed by atoms with van der Waals surface area (Å²) in [4.78, 5) is 17.8. The number of carbonyl (C=O) groups is 1. The van der Waals surface area contributed by atoms with Crippen molar-refractivity contribution in [2.45, 2.75) is 46.6 Å². The highest BCUT2D eigenvalue weighted by molar-refractivity contribution is 14.0. The number of amides is 1. The van der Waals surface area contributed by atoms with Crippen molar-refractivity contribution < 1.29 is 9.53 Å². The van der Waals surface area contributed by atoms with Gasteiger partial charge in [-0.2, -0.15) is 0 Å². The zero-order valence-corrected chi connectivity index (χ0v) is 19.6. The maximum absolute atomic E-state index is 11.8. The molecule has 2 atom stereocenters. The lowest BCUT2D eigenvalue weighted by atomic mass is 9.78. The quantitative estimate of drug-likeness (QED) is 0.266. The maximum atomic E-state index is 11.8. The van der Waals surface area contributed by atoms with Crippen LogP contribution in [0.3, 0.4) is 0 Å². The Labute approximate surface area is 176 Å². The molecule has 0 spiro atoms. The average molecular weight is 480 g/mol. The summed E-state index contributed by atoms with van der Waals surface area (Å²) in [5.41, 5.74) is 1.12. The van der Waals surface area contributed by atoms with Crippen LogP contribution in [0.25, 0.3) is 0 Å². The van der Waals surface area contributed by atoms with Crippen molar-refractivity contribution in [3.8, 4) is 0 Å². The third kappa shape index (κ3) is 9.21. The van der Waals surface area contributed by atoms with Gasteiger partial charge in [0.15, 0.2) is 5.96 Å². The molecule has 2 N–H and O–H groups in total. The normalized spacial score (nSPS) is 20.8. The van der Waals surface area contributed by atoms with Gasteiger partial charge in [-0.05, 0) is 25.2 Å². The molecule has 26 heavy (non-hydrogen) atoms. The van der Waals surface area contributed by atoms with Gasteiger partial charge in [0.05, 0.1) is 6.10 Å². The molecule has 7 heteroatoms. The molecule has 0 aromatic rings. The van der Waals surface area contributed by atoms with Gasteiger partial charge >= 0.3 is 0 Å². The predicted molar refractivity (Wildman–Crippen MR) is 119 cm³/mol. The maximum Gasteiger partial charge on any atom is 0.243 e. The highest BCUT2D eigenvalue weighted by Crippen LogP contribution is 2.33. The van der Waals surface area contributed by atoms with Gasteiger partial charge in [0, 0.05) is 39.7 Å². The van der Waals surface area contributed by atoms with Crippen LogP contribution in [0.15, 0.2) is 17.1 Å². The zero-order chi connectivity index (χ0) is 19.0. The molecule has 0 aliphatic carbocycles. The van der Waals surface area contributed by atoms with E-state index >= 15 is 0 Å². The second kappa shape index (κ2) is 11.8. The van der Waals surface area contributed by atoms with Crippen LogP contribution < -0.4 is 10.6 Å². The van der Waals surface area contributed by atoms with Gasteiger partial charge < -0.3 is 20.3 Å². The molecule has 2 unspecified atom stereocenters. The van der Waals surface area contributed by atoms with E-state index in [2.05, 4.69) is 43.0 Å². The first-order valence-corrected chi connectivity index (χ1v) is 9.09. The Hall–Kier alpha value is -0.830. The van der Waals surface area contributed by atoms with Gasteiger partial charge in [0.1, 0.15) is 6.54 Å². The van der Waals surface area contributed by atoms with Crippen LogP contribution >= 0.6 is 24.0 Å². The van der Waals surface area contributed by atoms with Crippen molar-refractivity contribution in [3.63, 3.8) is 0 Å². The van der Waals surface area contributed by atoms with Gasteiger partial charge in [-0.1, -0.05) is 32.9 Å². The number of aliphatic imine (C=N–C) groups is 1. The summed E-state index contributed by atoms with van der Waals surface area (Å²) < 4.78 is 6.04. The fourth-order valence-electron chi connectivity index (χ4n) is 2.93. The van der Waals surface area contributed by atoms with Crippen molar-refractivity contribution >= 4 is 35.8 Å². The number of carbonyl (C=O) groups excluding carboxylic acids is 1. The Morgan fingerprint density at radius 3 is 2.50 bits per heavy atom. The number of likely N-dealkylation sites (N-methyl/N-ethyl adjacent to an activating group) is 1.